The first kappa shape index (κ1) is 9.40. The van der Waals surface area contributed by atoms with Crippen molar-refractivity contribution in [2.75, 3.05) is 6.61 Å². The van der Waals surface area contributed by atoms with Crippen molar-refractivity contribution >= 4 is 5.78 Å². The van der Waals surface area contributed by atoms with Crippen LogP contribution < -0.4 is 0 Å². The number of nitrogens with zero attached hydrogens (tertiary/aromatic N) is 2. The maximum atomic E-state index is 11.9. The summed E-state index contributed by atoms with van der Waals surface area (Å²) in [7, 11) is 1.82. The van der Waals surface area contributed by atoms with Crippen molar-refractivity contribution in [2.45, 2.75) is 19.4 Å². The standard InChI is InChI=1S/C10H14N2O2/c1-7-3-6-14-9(7)8(13)10-11-4-5-12(10)2/h4-5,7,9H,3,6H2,1-2H3. The zero-order chi connectivity index (χ0) is 10.1. The highest BCUT2D eigenvalue weighted by atomic mass is 16.5. The highest BCUT2D eigenvalue weighted by Crippen LogP contribution is 2.22. The molecule has 1 fully saturated rings. The zero-order valence-electron chi connectivity index (χ0n) is 8.43. The molecule has 76 valence electrons. The van der Waals surface area contributed by atoms with Gasteiger partial charge in [-0.3, -0.25) is 4.79 Å². The Hall–Kier alpha value is -1.16. The Balaban J connectivity index is 2.20. The number of rotatable bonds is 2. The average Bonchev–Trinajstić information content (AvgIpc) is 2.73. The number of aromatic nitrogens is 2. The molecule has 4 nitrogen and oxygen atoms in total. The molecule has 2 rings (SSSR count). The van der Waals surface area contributed by atoms with Crippen LogP contribution in [0.5, 0.6) is 0 Å². The normalized spacial score (nSPS) is 26.7. The van der Waals surface area contributed by atoms with Crippen LogP contribution in [0.4, 0.5) is 0 Å². The lowest BCUT2D eigenvalue weighted by Gasteiger charge is -2.12. The second-order valence-electron chi connectivity index (χ2n) is 3.78. The van der Waals surface area contributed by atoms with Crippen LogP contribution >= 0.6 is 0 Å². The number of hydrogen-bond donors (Lipinski definition) is 0. The van der Waals surface area contributed by atoms with E-state index in [1.165, 1.54) is 0 Å². The summed E-state index contributed by atoms with van der Waals surface area (Å²) in [5, 5.41) is 0. The Morgan fingerprint density at radius 1 is 1.71 bits per heavy atom. The molecule has 1 aliphatic rings. The van der Waals surface area contributed by atoms with Gasteiger partial charge in [-0.15, -0.1) is 0 Å². The number of carbonyl (C=O) groups excluding carboxylic acids is 1. The van der Waals surface area contributed by atoms with Crippen LogP contribution in [-0.4, -0.2) is 28.0 Å². The molecule has 1 aromatic heterocycles. The summed E-state index contributed by atoms with van der Waals surface area (Å²) in [4.78, 5) is 16.0. The predicted molar refractivity (Wildman–Crippen MR) is 51.1 cm³/mol. The maximum absolute atomic E-state index is 11.9. The lowest BCUT2D eigenvalue weighted by atomic mass is 10.0. The van der Waals surface area contributed by atoms with E-state index in [2.05, 4.69) is 4.98 Å². The van der Waals surface area contributed by atoms with Crippen molar-refractivity contribution in [1.82, 2.24) is 9.55 Å². The van der Waals surface area contributed by atoms with E-state index in [9.17, 15) is 4.79 Å². The van der Waals surface area contributed by atoms with Gasteiger partial charge in [-0.2, -0.15) is 0 Å². The van der Waals surface area contributed by atoms with E-state index < -0.39 is 0 Å². The van der Waals surface area contributed by atoms with Gasteiger partial charge in [0.2, 0.25) is 5.78 Å². The Morgan fingerprint density at radius 2 is 2.50 bits per heavy atom. The van der Waals surface area contributed by atoms with Crippen molar-refractivity contribution in [2.24, 2.45) is 13.0 Å². The van der Waals surface area contributed by atoms with E-state index in [0.29, 0.717) is 18.3 Å². The van der Waals surface area contributed by atoms with Gasteiger partial charge >= 0.3 is 0 Å². The van der Waals surface area contributed by atoms with E-state index in [1.807, 2.05) is 14.0 Å². The maximum Gasteiger partial charge on any atom is 0.227 e. The molecule has 1 aliphatic heterocycles. The topological polar surface area (TPSA) is 44.1 Å². The molecule has 4 heteroatoms. The molecule has 0 aliphatic carbocycles. The molecular weight excluding hydrogens is 180 g/mol. The molecule has 0 amide bonds. The molecule has 0 spiro atoms. The summed E-state index contributed by atoms with van der Waals surface area (Å²) < 4.78 is 7.14. The van der Waals surface area contributed by atoms with Crippen LogP contribution in [0, 0.1) is 5.92 Å². The Bertz CT molecular complexity index is 346. The molecule has 0 aromatic carbocycles. The molecule has 0 N–H and O–H groups in total. The SMILES string of the molecule is CC1CCOC1C(=O)c1nccn1C. The average molecular weight is 194 g/mol. The van der Waals surface area contributed by atoms with Crippen LogP contribution in [0.15, 0.2) is 12.4 Å². The van der Waals surface area contributed by atoms with Crippen molar-refractivity contribution < 1.29 is 9.53 Å². The van der Waals surface area contributed by atoms with Gasteiger partial charge in [0.05, 0.1) is 0 Å². The lowest BCUT2D eigenvalue weighted by molar-refractivity contribution is 0.0565. The van der Waals surface area contributed by atoms with Crippen molar-refractivity contribution in [3.05, 3.63) is 18.2 Å². The molecular formula is C10H14N2O2. The number of carbonyl (C=O) groups is 1. The molecule has 2 heterocycles. The molecule has 0 radical (unpaired) electrons. The first-order valence-corrected chi connectivity index (χ1v) is 4.83. The first-order chi connectivity index (χ1) is 6.70. The van der Waals surface area contributed by atoms with Gasteiger partial charge in [-0.25, -0.2) is 4.98 Å². The molecule has 1 aromatic rings. The van der Waals surface area contributed by atoms with Gasteiger partial charge in [-0.1, -0.05) is 6.92 Å². The summed E-state index contributed by atoms with van der Waals surface area (Å²) >= 11 is 0. The number of ether oxygens (including phenoxy) is 1. The second-order valence-corrected chi connectivity index (χ2v) is 3.78. The first-order valence-electron chi connectivity index (χ1n) is 4.83. The fourth-order valence-corrected chi connectivity index (χ4v) is 1.76. The monoisotopic (exact) mass is 194 g/mol. The minimum absolute atomic E-state index is 0.00231. The number of Topliss-reactive ketones (excluding diaryl/α,β-unsaturated/α-hetero) is 1. The highest BCUT2D eigenvalue weighted by molar-refractivity contribution is 5.96. The van der Waals surface area contributed by atoms with Crippen molar-refractivity contribution in [3.8, 4) is 0 Å². The van der Waals surface area contributed by atoms with Gasteiger partial charge in [0, 0.05) is 26.0 Å². The summed E-state index contributed by atoms with van der Waals surface area (Å²) in [5.41, 5.74) is 0. The fraction of sp³-hybridized carbons (Fsp3) is 0.600. The molecule has 14 heavy (non-hydrogen) atoms. The van der Waals surface area contributed by atoms with Gasteiger partial charge in [0.1, 0.15) is 6.10 Å². The van der Waals surface area contributed by atoms with Crippen molar-refractivity contribution in [1.29, 1.82) is 0 Å². The summed E-state index contributed by atoms with van der Waals surface area (Å²) in [5.74, 6) is 0.797. The molecule has 2 atom stereocenters. The van der Waals surface area contributed by atoms with E-state index in [-0.39, 0.29) is 11.9 Å². The van der Waals surface area contributed by atoms with Crippen molar-refractivity contribution in [3.63, 3.8) is 0 Å². The lowest BCUT2D eigenvalue weighted by Crippen LogP contribution is -2.27. The fourth-order valence-electron chi connectivity index (χ4n) is 1.76. The van der Waals surface area contributed by atoms with Crippen LogP contribution in [0.3, 0.4) is 0 Å². The third-order valence-corrected chi connectivity index (χ3v) is 2.69. The number of aryl methyl sites for hydroxylation is 1. The quantitative estimate of drug-likeness (QED) is 0.660. The van der Waals surface area contributed by atoms with Crippen LogP contribution in [0.25, 0.3) is 0 Å². The Morgan fingerprint density at radius 3 is 3.00 bits per heavy atom. The minimum atomic E-state index is -0.295. The summed E-state index contributed by atoms with van der Waals surface area (Å²) in [6.45, 7) is 2.72. The summed E-state index contributed by atoms with van der Waals surface area (Å²) in [6, 6.07) is 0. The van der Waals surface area contributed by atoms with Crippen LogP contribution in [0.2, 0.25) is 0 Å². The van der Waals surface area contributed by atoms with Gasteiger partial charge < -0.3 is 9.30 Å². The molecule has 0 bridgehead atoms. The van der Waals surface area contributed by atoms with E-state index in [4.69, 9.17) is 4.74 Å². The largest absolute Gasteiger partial charge is 0.370 e. The minimum Gasteiger partial charge on any atom is -0.370 e. The van der Waals surface area contributed by atoms with Gasteiger partial charge in [0.25, 0.3) is 0 Å². The van der Waals surface area contributed by atoms with Gasteiger partial charge in [-0.05, 0) is 12.3 Å². The molecule has 2 unspecified atom stereocenters. The zero-order valence-corrected chi connectivity index (χ0v) is 8.43. The van der Waals surface area contributed by atoms with E-state index in [0.717, 1.165) is 6.42 Å². The second kappa shape index (κ2) is 3.53. The third kappa shape index (κ3) is 1.46. The number of hydrogen-bond acceptors (Lipinski definition) is 3. The summed E-state index contributed by atoms with van der Waals surface area (Å²) in [6.07, 6.45) is 4.07. The molecule has 1 saturated heterocycles. The van der Waals surface area contributed by atoms with E-state index >= 15 is 0 Å². The smallest absolute Gasteiger partial charge is 0.227 e. The predicted octanol–water partition coefficient (Wildman–Crippen LogP) is 1.03. The van der Waals surface area contributed by atoms with Crippen LogP contribution in [-0.2, 0) is 11.8 Å². The third-order valence-electron chi connectivity index (χ3n) is 2.69. The molecule has 0 saturated carbocycles. The highest BCUT2D eigenvalue weighted by Gasteiger charge is 2.33. The van der Waals surface area contributed by atoms with Gasteiger partial charge in [0.15, 0.2) is 5.82 Å². The number of imidazole rings is 1. The Kier molecular flexibility index (Phi) is 2.37. The number of ketones is 1. The Labute approximate surface area is 82.9 Å². The van der Waals surface area contributed by atoms with E-state index in [1.54, 1.807) is 17.0 Å². The van der Waals surface area contributed by atoms with Crippen LogP contribution in [0.1, 0.15) is 24.0 Å².